The molecule has 1 aromatic rings. The molecule has 7 nitrogen and oxygen atoms in total. The number of nitro groups is 1. The Bertz CT molecular complexity index is 471. The molecule has 18 heavy (non-hydrogen) atoms. The quantitative estimate of drug-likeness (QED) is 0.602. The topological polar surface area (TPSA) is 110 Å². The second-order valence-electron chi connectivity index (χ2n) is 3.71. The number of hydrogen-bond donors (Lipinski definition) is 2. The second kappa shape index (κ2) is 6.10. The Hall–Kier alpha value is -1.96. The van der Waals surface area contributed by atoms with E-state index in [0.29, 0.717) is 6.42 Å². The molecule has 0 spiro atoms. The molecule has 1 unspecified atom stereocenters. The fourth-order valence-corrected chi connectivity index (χ4v) is 1.87. The molecule has 1 atom stereocenters. The lowest BCUT2D eigenvalue weighted by atomic mass is 10.1. The minimum atomic E-state index is -0.921. The van der Waals surface area contributed by atoms with Crippen molar-refractivity contribution in [1.82, 2.24) is 5.32 Å². The van der Waals surface area contributed by atoms with E-state index in [1.165, 1.54) is 11.4 Å². The molecule has 1 rings (SSSR count). The number of nitrogens with one attached hydrogen (secondary N) is 1. The van der Waals surface area contributed by atoms with Gasteiger partial charge in [0.1, 0.15) is 0 Å². The molecular formula is C10H12N2O5S. The highest BCUT2D eigenvalue weighted by atomic mass is 32.1. The molecular weight excluding hydrogens is 260 g/mol. The Balaban J connectivity index is 2.45. The van der Waals surface area contributed by atoms with E-state index in [4.69, 9.17) is 5.11 Å². The van der Waals surface area contributed by atoms with Crippen LogP contribution in [0.4, 0.5) is 5.00 Å². The molecule has 2 N–H and O–H groups in total. The zero-order valence-corrected chi connectivity index (χ0v) is 10.4. The highest BCUT2D eigenvalue weighted by Crippen LogP contribution is 2.22. The van der Waals surface area contributed by atoms with Crippen LogP contribution in [-0.4, -0.2) is 28.5 Å². The molecule has 0 aliphatic carbocycles. The smallest absolute Gasteiger partial charge is 0.324 e. The summed E-state index contributed by atoms with van der Waals surface area (Å²) in [6.07, 6.45) is 0.313. The van der Waals surface area contributed by atoms with Crippen LogP contribution in [0.25, 0.3) is 0 Å². The van der Waals surface area contributed by atoms with Crippen LogP contribution in [-0.2, 0) is 4.79 Å². The number of rotatable bonds is 6. The number of nitrogens with zero attached hydrogens (tertiary/aromatic N) is 1. The van der Waals surface area contributed by atoms with Crippen molar-refractivity contribution in [2.24, 2.45) is 5.92 Å². The average Bonchev–Trinajstić information content (AvgIpc) is 2.77. The highest BCUT2D eigenvalue weighted by molar-refractivity contribution is 7.13. The number of carbonyl (C=O) groups is 2. The van der Waals surface area contributed by atoms with Gasteiger partial charge in [0.25, 0.3) is 5.91 Å². The zero-order valence-electron chi connectivity index (χ0n) is 9.58. The van der Waals surface area contributed by atoms with Gasteiger partial charge < -0.3 is 10.4 Å². The maximum absolute atomic E-state index is 11.6. The SMILES string of the molecule is CC(CCNC(=O)c1csc([N+](=O)[O-])c1)C(=O)O. The summed E-state index contributed by atoms with van der Waals surface area (Å²) < 4.78 is 0. The van der Waals surface area contributed by atoms with Crippen molar-refractivity contribution < 1.29 is 19.6 Å². The molecule has 0 aliphatic rings. The lowest BCUT2D eigenvalue weighted by Gasteiger charge is -2.06. The maximum Gasteiger partial charge on any atom is 0.324 e. The van der Waals surface area contributed by atoms with Crippen LogP contribution in [0, 0.1) is 16.0 Å². The number of aliphatic carboxylic acids is 1. The van der Waals surface area contributed by atoms with Crippen molar-refractivity contribution >= 4 is 28.2 Å². The van der Waals surface area contributed by atoms with Gasteiger partial charge in [0.2, 0.25) is 0 Å². The zero-order chi connectivity index (χ0) is 13.7. The van der Waals surface area contributed by atoms with Gasteiger partial charge >= 0.3 is 11.0 Å². The lowest BCUT2D eigenvalue weighted by molar-refractivity contribution is -0.380. The summed E-state index contributed by atoms with van der Waals surface area (Å²) in [5.74, 6) is -1.89. The van der Waals surface area contributed by atoms with E-state index in [0.717, 1.165) is 11.3 Å². The summed E-state index contributed by atoms with van der Waals surface area (Å²) in [5, 5.41) is 22.9. The van der Waals surface area contributed by atoms with Crippen LogP contribution in [0.15, 0.2) is 11.4 Å². The van der Waals surface area contributed by atoms with Crippen molar-refractivity contribution in [2.75, 3.05) is 6.54 Å². The van der Waals surface area contributed by atoms with Crippen molar-refractivity contribution in [3.8, 4) is 0 Å². The minimum Gasteiger partial charge on any atom is -0.481 e. The van der Waals surface area contributed by atoms with Gasteiger partial charge in [-0.25, -0.2) is 0 Å². The standard InChI is InChI=1S/C10H12N2O5S/c1-6(10(14)15)2-3-11-9(13)7-4-8(12(16)17)18-5-7/h4-6H,2-3H2,1H3,(H,11,13)(H,14,15). The maximum atomic E-state index is 11.6. The number of amides is 1. The first-order valence-corrected chi connectivity index (χ1v) is 6.03. The van der Waals surface area contributed by atoms with E-state index < -0.39 is 22.7 Å². The molecule has 0 saturated heterocycles. The molecule has 0 saturated carbocycles. The van der Waals surface area contributed by atoms with E-state index in [1.54, 1.807) is 6.92 Å². The Morgan fingerprint density at radius 2 is 2.28 bits per heavy atom. The number of hydrogen-bond acceptors (Lipinski definition) is 5. The Morgan fingerprint density at radius 1 is 1.61 bits per heavy atom. The third-order valence-corrected chi connectivity index (χ3v) is 3.19. The van der Waals surface area contributed by atoms with E-state index >= 15 is 0 Å². The van der Waals surface area contributed by atoms with Crippen LogP contribution in [0.1, 0.15) is 23.7 Å². The number of carbonyl (C=O) groups excluding carboxylic acids is 1. The normalized spacial score (nSPS) is 11.8. The third-order valence-electron chi connectivity index (χ3n) is 2.31. The van der Waals surface area contributed by atoms with Crippen molar-refractivity contribution in [3.63, 3.8) is 0 Å². The predicted octanol–water partition coefficient (Wildman–Crippen LogP) is 1.50. The summed E-state index contributed by atoms with van der Waals surface area (Å²) in [7, 11) is 0. The predicted molar refractivity (Wildman–Crippen MR) is 64.7 cm³/mol. The van der Waals surface area contributed by atoms with E-state index in [2.05, 4.69) is 5.32 Å². The van der Waals surface area contributed by atoms with Gasteiger partial charge in [0, 0.05) is 18.0 Å². The van der Waals surface area contributed by atoms with Crippen LogP contribution in [0.5, 0.6) is 0 Å². The van der Waals surface area contributed by atoms with Gasteiger partial charge in [-0.2, -0.15) is 0 Å². The van der Waals surface area contributed by atoms with Gasteiger partial charge in [-0.1, -0.05) is 18.3 Å². The summed E-state index contributed by atoms with van der Waals surface area (Å²) in [4.78, 5) is 32.0. The molecule has 1 heterocycles. The van der Waals surface area contributed by atoms with Gasteiger partial charge in [0.15, 0.2) is 0 Å². The van der Waals surface area contributed by atoms with Gasteiger partial charge in [-0.3, -0.25) is 19.7 Å². The first-order valence-electron chi connectivity index (χ1n) is 5.15. The fraction of sp³-hybridized carbons (Fsp3) is 0.400. The largest absolute Gasteiger partial charge is 0.481 e. The fourth-order valence-electron chi connectivity index (χ4n) is 1.17. The van der Waals surface area contributed by atoms with Gasteiger partial charge in [-0.15, -0.1) is 0 Å². The van der Waals surface area contributed by atoms with Crippen LogP contribution in [0.3, 0.4) is 0 Å². The number of carboxylic acids is 1. The van der Waals surface area contributed by atoms with E-state index in [1.807, 2.05) is 0 Å². The highest BCUT2D eigenvalue weighted by Gasteiger charge is 2.15. The molecule has 0 aliphatic heterocycles. The molecule has 0 fully saturated rings. The Labute approximate surface area is 107 Å². The van der Waals surface area contributed by atoms with E-state index in [-0.39, 0.29) is 17.1 Å². The molecule has 0 radical (unpaired) electrons. The molecule has 98 valence electrons. The average molecular weight is 272 g/mol. The first kappa shape index (κ1) is 14.1. The lowest BCUT2D eigenvalue weighted by Crippen LogP contribution is -2.26. The van der Waals surface area contributed by atoms with Crippen molar-refractivity contribution in [2.45, 2.75) is 13.3 Å². The van der Waals surface area contributed by atoms with Crippen molar-refractivity contribution in [1.29, 1.82) is 0 Å². The summed E-state index contributed by atoms with van der Waals surface area (Å²) in [6, 6.07) is 1.20. The molecule has 0 aromatic carbocycles. The van der Waals surface area contributed by atoms with E-state index in [9.17, 15) is 19.7 Å². The third kappa shape index (κ3) is 3.81. The minimum absolute atomic E-state index is 0.0981. The van der Waals surface area contributed by atoms with Crippen LogP contribution >= 0.6 is 11.3 Å². The van der Waals surface area contributed by atoms with Crippen LogP contribution < -0.4 is 5.32 Å². The molecule has 1 aromatic heterocycles. The van der Waals surface area contributed by atoms with Crippen molar-refractivity contribution in [3.05, 3.63) is 27.1 Å². The summed E-state index contributed by atoms with van der Waals surface area (Å²) in [5.41, 5.74) is 0.217. The number of thiophene rings is 1. The van der Waals surface area contributed by atoms with Gasteiger partial charge in [-0.05, 0) is 6.42 Å². The molecule has 8 heteroatoms. The Morgan fingerprint density at radius 3 is 2.78 bits per heavy atom. The Kier molecular flexibility index (Phi) is 4.78. The summed E-state index contributed by atoms with van der Waals surface area (Å²) >= 11 is 0.877. The van der Waals surface area contributed by atoms with Gasteiger partial charge in [0.05, 0.1) is 16.4 Å². The molecule has 1 amide bonds. The second-order valence-corrected chi connectivity index (χ2v) is 4.60. The summed E-state index contributed by atoms with van der Waals surface area (Å²) in [6.45, 7) is 1.76. The number of carboxylic acid groups (broad SMARTS) is 1. The first-order chi connectivity index (χ1) is 8.41. The monoisotopic (exact) mass is 272 g/mol. The molecule has 0 bridgehead atoms. The van der Waals surface area contributed by atoms with Crippen LogP contribution in [0.2, 0.25) is 0 Å².